The summed E-state index contributed by atoms with van der Waals surface area (Å²) < 4.78 is 0. The lowest BCUT2D eigenvalue weighted by molar-refractivity contribution is -0.113. The van der Waals surface area contributed by atoms with E-state index < -0.39 is 0 Å². The maximum atomic E-state index is 11.7. The normalized spacial score (nSPS) is 26.9. The summed E-state index contributed by atoms with van der Waals surface area (Å²) in [7, 11) is 0. The van der Waals surface area contributed by atoms with Crippen LogP contribution < -0.4 is 0 Å². The van der Waals surface area contributed by atoms with Crippen molar-refractivity contribution in [3.05, 3.63) is 35.9 Å². The first-order valence-electron chi connectivity index (χ1n) is 7.69. The Hall–Kier alpha value is -1.19. The number of aldehydes is 1. The zero-order valence-corrected chi connectivity index (χ0v) is 12.3. The largest absolute Gasteiger partial charge is 0.302 e. The van der Waals surface area contributed by atoms with E-state index in [1.165, 1.54) is 19.4 Å². The molecule has 20 heavy (non-hydrogen) atoms. The van der Waals surface area contributed by atoms with Gasteiger partial charge in [0.05, 0.1) is 5.41 Å². The Balaban J connectivity index is 1.70. The second-order valence-corrected chi connectivity index (χ2v) is 6.47. The van der Waals surface area contributed by atoms with Crippen LogP contribution in [0.15, 0.2) is 30.3 Å². The van der Waals surface area contributed by atoms with Gasteiger partial charge in [0.25, 0.3) is 0 Å². The number of rotatable bonds is 4. The van der Waals surface area contributed by atoms with Gasteiger partial charge in [-0.3, -0.25) is 9.80 Å². The molecule has 3 rings (SSSR count). The molecule has 2 aliphatic rings. The molecule has 2 aliphatic heterocycles. The number of carbonyl (C=O) groups is 1. The van der Waals surface area contributed by atoms with Crippen molar-refractivity contribution in [1.29, 1.82) is 0 Å². The third-order valence-electron chi connectivity index (χ3n) is 4.92. The SMILES string of the molecule is CC(C=O)(CN1CCN2CCCC2C1)c1ccccc1. The fourth-order valence-electron chi connectivity index (χ4n) is 3.68. The van der Waals surface area contributed by atoms with Crippen LogP contribution in [0, 0.1) is 0 Å². The molecule has 0 aromatic heterocycles. The molecule has 0 aliphatic carbocycles. The maximum absolute atomic E-state index is 11.7. The van der Waals surface area contributed by atoms with Crippen molar-refractivity contribution < 1.29 is 4.79 Å². The molecule has 0 N–H and O–H groups in total. The molecule has 2 atom stereocenters. The number of fused-ring (bicyclic) bond motifs is 1. The highest BCUT2D eigenvalue weighted by Crippen LogP contribution is 2.26. The lowest BCUT2D eigenvalue weighted by Crippen LogP contribution is -2.53. The molecular formula is C17H24N2O. The maximum Gasteiger partial charge on any atom is 0.131 e. The third kappa shape index (κ3) is 2.65. The van der Waals surface area contributed by atoms with Crippen molar-refractivity contribution in [1.82, 2.24) is 9.80 Å². The Morgan fingerprint density at radius 3 is 2.80 bits per heavy atom. The van der Waals surface area contributed by atoms with E-state index in [0.717, 1.165) is 44.1 Å². The van der Waals surface area contributed by atoms with Crippen LogP contribution >= 0.6 is 0 Å². The number of hydrogen-bond donors (Lipinski definition) is 0. The zero-order chi connectivity index (χ0) is 14.0. The van der Waals surface area contributed by atoms with E-state index in [9.17, 15) is 4.79 Å². The molecule has 108 valence electrons. The van der Waals surface area contributed by atoms with Crippen molar-refractivity contribution in [2.75, 3.05) is 32.7 Å². The minimum atomic E-state index is -0.387. The zero-order valence-electron chi connectivity index (χ0n) is 12.3. The number of carbonyl (C=O) groups excluding carboxylic acids is 1. The molecule has 0 bridgehead atoms. The van der Waals surface area contributed by atoms with Crippen LogP contribution in [-0.2, 0) is 10.2 Å². The number of nitrogens with zero attached hydrogens (tertiary/aromatic N) is 2. The highest BCUT2D eigenvalue weighted by Gasteiger charge is 2.35. The summed E-state index contributed by atoms with van der Waals surface area (Å²) in [4.78, 5) is 16.8. The van der Waals surface area contributed by atoms with Crippen molar-refractivity contribution in [2.24, 2.45) is 0 Å². The first-order chi connectivity index (χ1) is 9.71. The molecule has 2 heterocycles. The van der Waals surface area contributed by atoms with Gasteiger partial charge >= 0.3 is 0 Å². The van der Waals surface area contributed by atoms with Crippen LogP contribution in [-0.4, -0.2) is 54.9 Å². The van der Waals surface area contributed by atoms with E-state index in [4.69, 9.17) is 0 Å². The number of hydrogen-bond acceptors (Lipinski definition) is 3. The van der Waals surface area contributed by atoms with Crippen LogP contribution in [0.5, 0.6) is 0 Å². The van der Waals surface area contributed by atoms with Gasteiger partial charge in [-0.05, 0) is 31.9 Å². The van der Waals surface area contributed by atoms with E-state index in [1.54, 1.807) is 0 Å². The van der Waals surface area contributed by atoms with Crippen molar-refractivity contribution in [2.45, 2.75) is 31.2 Å². The Morgan fingerprint density at radius 1 is 1.25 bits per heavy atom. The first-order valence-corrected chi connectivity index (χ1v) is 7.69. The van der Waals surface area contributed by atoms with E-state index in [2.05, 4.69) is 28.9 Å². The molecule has 2 saturated heterocycles. The Morgan fingerprint density at radius 2 is 2.05 bits per heavy atom. The molecule has 2 fully saturated rings. The fourth-order valence-corrected chi connectivity index (χ4v) is 3.68. The molecule has 1 aromatic rings. The van der Waals surface area contributed by atoms with Crippen LogP contribution in [0.4, 0.5) is 0 Å². The molecule has 1 aromatic carbocycles. The van der Waals surface area contributed by atoms with Crippen molar-refractivity contribution in [3.63, 3.8) is 0 Å². The van der Waals surface area contributed by atoms with Crippen LogP contribution in [0.2, 0.25) is 0 Å². The van der Waals surface area contributed by atoms with Crippen LogP contribution in [0.3, 0.4) is 0 Å². The number of benzene rings is 1. The van der Waals surface area contributed by atoms with Crippen LogP contribution in [0.1, 0.15) is 25.3 Å². The Bertz CT molecular complexity index is 461. The summed E-state index contributed by atoms with van der Waals surface area (Å²) in [6, 6.07) is 10.9. The number of piperazine rings is 1. The summed E-state index contributed by atoms with van der Waals surface area (Å²) in [5.74, 6) is 0. The van der Waals surface area contributed by atoms with Gasteiger partial charge in [0.1, 0.15) is 6.29 Å². The molecular weight excluding hydrogens is 248 g/mol. The highest BCUT2D eigenvalue weighted by atomic mass is 16.1. The van der Waals surface area contributed by atoms with Crippen molar-refractivity contribution >= 4 is 6.29 Å². The first kappa shape index (κ1) is 13.8. The second-order valence-electron chi connectivity index (χ2n) is 6.47. The van der Waals surface area contributed by atoms with Gasteiger partial charge in [-0.1, -0.05) is 30.3 Å². The summed E-state index contributed by atoms with van der Waals surface area (Å²) in [5.41, 5.74) is 0.742. The Labute approximate surface area is 121 Å². The van der Waals surface area contributed by atoms with Gasteiger partial charge in [0.2, 0.25) is 0 Å². The molecule has 3 nitrogen and oxygen atoms in total. The molecule has 0 amide bonds. The van der Waals surface area contributed by atoms with Crippen molar-refractivity contribution in [3.8, 4) is 0 Å². The lowest BCUT2D eigenvalue weighted by atomic mass is 9.83. The average Bonchev–Trinajstić information content (AvgIpc) is 2.95. The summed E-state index contributed by atoms with van der Waals surface area (Å²) in [6.45, 7) is 7.54. The summed E-state index contributed by atoms with van der Waals surface area (Å²) >= 11 is 0. The predicted octanol–water partition coefficient (Wildman–Crippen LogP) is 1.92. The smallest absolute Gasteiger partial charge is 0.131 e. The van der Waals surface area contributed by atoms with E-state index in [1.807, 2.05) is 18.2 Å². The van der Waals surface area contributed by atoms with Gasteiger partial charge in [-0.15, -0.1) is 0 Å². The topological polar surface area (TPSA) is 23.6 Å². The van der Waals surface area contributed by atoms with Gasteiger partial charge in [-0.25, -0.2) is 0 Å². The minimum absolute atomic E-state index is 0.387. The van der Waals surface area contributed by atoms with E-state index in [-0.39, 0.29) is 5.41 Å². The fraction of sp³-hybridized carbons (Fsp3) is 0.588. The van der Waals surface area contributed by atoms with Gasteiger partial charge in [0, 0.05) is 32.2 Å². The molecule has 0 spiro atoms. The molecule has 0 saturated carbocycles. The molecule has 0 radical (unpaired) electrons. The highest BCUT2D eigenvalue weighted by molar-refractivity contribution is 5.68. The monoisotopic (exact) mass is 272 g/mol. The third-order valence-corrected chi connectivity index (χ3v) is 4.92. The van der Waals surface area contributed by atoms with Gasteiger partial charge in [0.15, 0.2) is 0 Å². The van der Waals surface area contributed by atoms with E-state index >= 15 is 0 Å². The summed E-state index contributed by atoms with van der Waals surface area (Å²) in [5, 5.41) is 0. The predicted molar refractivity (Wildman–Crippen MR) is 80.9 cm³/mol. The standard InChI is InChI=1S/C17H24N2O/c1-17(14-20,15-6-3-2-4-7-15)13-18-10-11-19-9-5-8-16(19)12-18/h2-4,6-7,14,16H,5,8-13H2,1H3. The molecule has 2 unspecified atom stereocenters. The van der Waals surface area contributed by atoms with Gasteiger partial charge in [-0.2, -0.15) is 0 Å². The van der Waals surface area contributed by atoms with E-state index in [0.29, 0.717) is 0 Å². The average molecular weight is 272 g/mol. The second kappa shape index (κ2) is 5.66. The molecule has 3 heteroatoms. The lowest BCUT2D eigenvalue weighted by Gasteiger charge is -2.40. The quantitative estimate of drug-likeness (QED) is 0.783. The minimum Gasteiger partial charge on any atom is -0.302 e. The van der Waals surface area contributed by atoms with Crippen LogP contribution in [0.25, 0.3) is 0 Å². The van der Waals surface area contributed by atoms with Gasteiger partial charge < -0.3 is 4.79 Å². The summed E-state index contributed by atoms with van der Waals surface area (Å²) in [6.07, 6.45) is 3.78. The Kier molecular flexibility index (Phi) is 3.90.